The summed E-state index contributed by atoms with van der Waals surface area (Å²) in [5.74, 6) is -0.351. The zero-order chi connectivity index (χ0) is 19.1. The maximum Gasteiger partial charge on any atom is 0.389 e. The van der Waals surface area contributed by atoms with E-state index in [1.807, 2.05) is 0 Å². The topological polar surface area (TPSA) is 39.8 Å². The van der Waals surface area contributed by atoms with E-state index in [0.717, 1.165) is 5.56 Å². The van der Waals surface area contributed by atoms with E-state index in [2.05, 4.69) is 4.98 Å². The summed E-state index contributed by atoms with van der Waals surface area (Å²) in [5.41, 5.74) is 2.43. The molecule has 0 amide bonds. The van der Waals surface area contributed by atoms with Crippen LogP contribution >= 0.6 is 0 Å². The van der Waals surface area contributed by atoms with Gasteiger partial charge in [-0.25, -0.2) is 14.2 Å². The van der Waals surface area contributed by atoms with Gasteiger partial charge in [0.25, 0.3) is 0 Å². The smallest absolute Gasteiger partial charge is 0.290 e. The Bertz CT molecular complexity index is 1020. The maximum absolute atomic E-state index is 13.3. The van der Waals surface area contributed by atoms with Crippen LogP contribution in [0.5, 0.6) is 0 Å². The van der Waals surface area contributed by atoms with Gasteiger partial charge in [0.15, 0.2) is 5.65 Å². The van der Waals surface area contributed by atoms with Crippen LogP contribution < -0.4 is 5.69 Å². The van der Waals surface area contributed by atoms with Gasteiger partial charge in [0.1, 0.15) is 5.82 Å². The SMILES string of the molecule is Cc1cc(F)ccc1-c1ccc2c(n1)n(C)c(=O)n2CCCC(F)(F)F. The molecule has 2 aromatic heterocycles. The van der Waals surface area contributed by atoms with Gasteiger partial charge >= 0.3 is 11.9 Å². The summed E-state index contributed by atoms with van der Waals surface area (Å²) in [6.07, 6.45) is -5.38. The Morgan fingerprint density at radius 3 is 2.54 bits per heavy atom. The Morgan fingerprint density at radius 2 is 1.88 bits per heavy atom. The van der Waals surface area contributed by atoms with Crippen LogP contribution in [-0.2, 0) is 13.6 Å². The average molecular weight is 367 g/mol. The Hall–Kier alpha value is -2.64. The number of aromatic nitrogens is 3. The van der Waals surface area contributed by atoms with Crippen LogP contribution in [0.25, 0.3) is 22.4 Å². The van der Waals surface area contributed by atoms with Crippen molar-refractivity contribution >= 4 is 11.2 Å². The Kier molecular flexibility index (Phi) is 4.60. The molecule has 0 aliphatic carbocycles. The number of rotatable bonds is 4. The zero-order valence-corrected chi connectivity index (χ0v) is 14.3. The lowest BCUT2D eigenvalue weighted by molar-refractivity contribution is -0.135. The molecule has 0 aliphatic rings. The van der Waals surface area contributed by atoms with Crippen molar-refractivity contribution < 1.29 is 17.6 Å². The molecule has 2 heterocycles. The van der Waals surface area contributed by atoms with Crippen molar-refractivity contribution in [3.05, 3.63) is 52.2 Å². The second-order valence-corrected chi connectivity index (χ2v) is 6.21. The largest absolute Gasteiger partial charge is 0.389 e. The quantitative estimate of drug-likeness (QED) is 0.649. The first-order valence-corrected chi connectivity index (χ1v) is 8.07. The number of hydrogen-bond acceptors (Lipinski definition) is 2. The lowest BCUT2D eigenvalue weighted by Crippen LogP contribution is -2.23. The van der Waals surface area contributed by atoms with E-state index in [-0.39, 0.29) is 18.8 Å². The van der Waals surface area contributed by atoms with E-state index in [9.17, 15) is 22.4 Å². The molecule has 1 aromatic carbocycles. The van der Waals surface area contributed by atoms with E-state index in [1.165, 1.54) is 28.3 Å². The summed E-state index contributed by atoms with van der Waals surface area (Å²) in [4.78, 5) is 16.8. The second kappa shape index (κ2) is 6.59. The number of imidazole rings is 1. The molecule has 3 rings (SSSR count). The van der Waals surface area contributed by atoms with Crippen LogP contribution in [0, 0.1) is 12.7 Å². The summed E-state index contributed by atoms with van der Waals surface area (Å²) in [7, 11) is 1.53. The van der Waals surface area contributed by atoms with Crippen molar-refractivity contribution in [2.45, 2.75) is 32.5 Å². The predicted octanol–water partition coefficient (Wildman–Crippen LogP) is 4.19. The molecule has 0 atom stereocenters. The highest BCUT2D eigenvalue weighted by Gasteiger charge is 2.26. The summed E-state index contributed by atoms with van der Waals surface area (Å²) < 4.78 is 53.0. The number of aryl methyl sites for hydroxylation is 3. The summed E-state index contributed by atoms with van der Waals surface area (Å²) >= 11 is 0. The number of alkyl halides is 3. The lowest BCUT2D eigenvalue weighted by atomic mass is 10.1. The Labute approximate surface area is 146 Å². The van der Waals surface area contributed by atoms with Crippen molar-refractivity contribution in [1.82, 2.24) is 14.1 Å². The standard InChI is InChI=1S/C18H17F4N3O/c1-11-10-12(19)4-5-13(11)14-6-7-15-16(23-14)24(2)17(26)25(15)9-3-8-18(20,21)22/h4-7,10H,3,8-9H2,1-2H3. The highest BCUT2D eigenvalue weighted by Crippen LogP contribution is 2.25. The highest BCUT2D eigenvalue weighted by molar-refractivity contribution is 5.77. The molecule has 3 aromatic rings. The van der Waals surface area contributed by atoms with Gasteiger partial charge in [0.2, 0.25) is 0 Å². The zero-order valence-electron chi connectivity index (χ0n) is 14.3. The normalized spacial score (nSPS) is 12.1. The van der Waals surface area contributed by atoms with E-state index >= 15 is 0 Å². The molecule has 0 bridgehead atoms. The molecule has 0 saturated heterocycles. The maximum atomic E-state index is 13.3. The molecule has 8 heteroatoms. The molecule has 0 radical (unpaired) electrons. The summed E-state index contributed by atoms with van der Waals surface area (Å²) in [6.45, 7) is 1.72. The summed E-state index contributed by atoms with van der Waals surface area (Å²) in [6, 6.07) is 7.67. The monoisotopic (exact) mass is 367 g/mol. The lowest BCUT2D eigenvalue weighted by Gasteiger charge is -2.08. The van der Waals surface area contributed by atoms with Crippen molar-refractivity contribution in [2.24, 2.45) is 7.05 Å². The van der Waals surface area contributed by atoms with Gasteiger partial charge in [-0.1, -0.05) is 0 Å². The Morgan fingerprint density at radius 1 is 1.15 bits per heavy atom. The molecular formula is C18H17F4N3O. The molecular weight excluding hydrogens is 350 g/mol. The third-order valence-electron chi connectivity index (χ3n) is 4.29. The molecule has 0 fully saturated rings. The van der Waals surface area contributed by atoms with Crippen LogP contribution in [-0.4, -0.2) is 20.3 Å². The molecule has 4 nitrogen and oxygen atoms in total. The van der Waals surface area contributed by atoms with E-state index in [4.69, 9.17) is 0 Å². The minimum absolute atomic E-state index is 0.0354. The number of benzene rings is 1. The third-order valence-corrected chi connectivity index (χ3v) is 4.29. The van der Waals surface area contributed by atoms with E-state index in [1.54, 1.807) is 25.1 Å². The molecule has 26 heavy (non-hydrogen) atoms. The van der Waals surface area contributed by atoms with E-state index in [0.29, 0.717) is 22.4 Å². The van der Waals surface area contributed by atoms with Gasteiger partial charge in [-0.15, -0.1) is 0 Å². The third kappa shape index (κ3) is 3.49. The van der Waals surface area contributed by atoms with Gasteiger partial charge in [-0.05, 0) is 49.2 Å². The van der Waals surface area contributed by atoms with Crippen molar-refractivity contribution in [2.75, 3.05) is 0 Å². The van der Waals surface area contributed by atoms with Crippen molar-refractivity contribution in [1.29, 1.82) is 0 Å². The predicted molar refractivity (Wildman–Crippen MR) is 90.4 cm³/mol. The van der Waals surface area contributed by atoms with Crippen LogP contribution in [0.1, 0.15) is 18.4 Å². The molecule has 0 saturated carbocycles. The average Bonchev–Trinajstić information content (AvgIpc) is 2.78. The van der Waals surface area contributed by atoms with Gasteiger partial charge in [-0.2, -0.15) is 13.2 Å². The fourth-order valence-electron chi connectivity index (χ4n) is 2.99. The van der Waals surface area contributed by atoms with Crippen molar-refractivity contribution in [3.63, 3.8) is 0 Å². The first-order valence-electron chi connectivity index (χ1n) is 8.07. The number of fused-ring (bicyclic) bond motifs is 1. The molecule has 0 N–H and O–H groups in total. The second-order valence-electron chi connectivity index (χ2n) is 6.21. The first-order chi connectivity index (χ1) is 12.2. The molecule has 0 spiro atoms. The number of hydrogen-bond donors (Lipinski definition) is 0. The van der Waals surface area contributed by atoms with Gasteiger partial charge in [0, 0.05) is 25.6 Å². The Balaban J connectivity index is 2.01. The molecule has 138 valence electrons. The highest BCUT2D eigenvalue weighted by atomic mass is 19.4. The number of pyridine rings is 1. The van der Waals surface area contributed by atoms with Crippen LogP contribution in [0.15, 0.2) is 35.1 Å². The van der Waals surface area contributed by atoms with Crippen LogP contribution in [0.2, 0.25) is 0 Å². The van der Waals surface area contributed by atoms with Gasteiger partial charge < -0.3 is 0 Å². The fraction of sp³-hybridized carbons (Fsp3) is 0.333. The van der Waals surface area contributed by atoms with E-state index < -0.39 is 18.3 Å². The molecule has 0 aliphatic heterocycles. The first kappa shape index (κ1) is 18.2. The minimum Gasteiger partial charge on any atom is -0.290 e. The van der Waals surface area contributed by atoms with Crippen LogP contribution in [0.4, 0.5) is 17.6 Å². The van der Waals surface area contributed by atoms with Crippen molar-refractivity contribution in [3.8, 4) is 11.3 Å². The van der Waals surface area contributed by atoms with Gasteiger partial charge in [-0.3, -0.25) is 9.13 Å². The number of nitrogens with zero attached hydrogens (tertiary/aromatic N) is 3. The molecule has 0 unspecified atom stereocenters. The fourth-order valence-corrected chi connectivity index (χ4v) is 2.99. The van der Waals surface area contributed by atoms with Gasteiger partial charge in [0.05, 0.1) is 11.2 Å². The summed E-state index contributed by atoms with van der Waals surface area (Å²) in [5, 5.41) is 0. The van der Waals surface area contributed by atoms with Crippen LogP contribution in [0.3, 0.4) is 0 Å². The number of halogens is 4. The minimum atomic E-state index is -4.25.